The van der Waals surface area contributed by atoms with Gasteiger partial charge in [-0.1, -0.05) is 6.07 Å². The molecule has 0 bridgehead atoms. The summed E-state index contributed by atoms with van der Waals surface area (Å²) >= 11 is 0. The summed E-state index contributed by atoms with van der Waals surface area (Å²) in [7, 11) is 0. The van der Waals surface area contributed by atoms with E-state index in [2.05, 4.69) is 9.97 Å². The lowest BCUT2D eigenvalue weighted by atomic mass is 10.1. The van der Waals surface area contributed by atoms with E-state index in [0.717, 1.165) is 5.56 Å². The third-order valence-electron chi connectivity index (χ3n) is 3.94. The van der Waals surface area contributed by atoms with Gasteiger partial charge in [0.2, 0.25) is 5.89 Å². The lowest BCUT2D eigenvalue weighted by Gasteiger charge is -2.06. The number of hydrogen-bond acceptors (Lipinski definition) is 6. The second kappa shape index (κ2) is 7.82. The minimum absolute atomic E-state index is 0.0177. The summed E-state index contributed by atoms with van der Waals surface area (Å²) in [5.74, 6) is 0.850. The number of aromatic hydroxyl groups is 1. The number of carbonyl (C=O) groups is 1. The Morgan fingerprint density at radius 1 is 1.31 bits per heavy atom. The summed E-state index contributed by atoms with van der Waals surface area (Å²) in [6, 6.07) is 8.60. The Kier molecular flexibility index (Phi) is 5.31. The fraction of sp³-hybridized carbons (Fsp3) is 0.250. The average Bonchev–Trinajstić information content (AvgIpc) is 3.11. The van der Waals surface area contributed by atoms with Crippen LogP contribution in [0.5, 0.6) is 11.5 Å². The van der Waals surface area contributed by atoms with E-state index in [4.69, 9.17) is 9.15 Å². The van der Waals surface area contributed by atoms with E-state index in [1.807, 2.05) is 26.0 Å². The van der Waals surface area contributed by atoms with Crippen LogP contribution in [0.25, 0.3) is 11.5 Å². The molecule has 0 aliphatic heterocycles. The molecule has 0 saturated carbocycles. The van der Waals surface area contributed by atoms with Gasteiger partial charge < -0.3 is 14.3 Å². The Bertz CT molecular complexity index is 918. The number of phenolic OH excluding ortho intramolecular Hbond substituents is 1. The smallest absolute Gasteiger partial charge is 0.226 e. The van der Waals surface area contributed by atoms with Crippen molar-refractivity contribution in [3.8, 4) is 23.0 Å². The molecule has 0 aliphatic carbocycles. The predicted molar refractivity (Wildman–Crippen MR) is 96.4 cm³/mol. The zero-order valence-corrected chi connectivity index (χ0v) is 14.7. The molecule has 6 nitrogen and oxygen atoms in total. The Balaban J connectivity index is 1.70. The first-order valence-electron chi connectivity index (χ1n) is 8.44. The van der Waals surface area contributed by atoms with Crippen LogP contribution in [-0.4, -0.2) is 27.5 Å². The van der Waals surface area contributed by atoms with Gasteiger partial charge in [0.25, 0.3) is 0 Å². The molecule has 0 aliphatic rings. The Labute approximate surface area is 151 Å². The molecular formula is C20H20N2O4. The SMILES string of the molecule is CCOc1cc(-c2nc(CCC(=O)c3ncccc3C)co2)ccc1O. The van der Waals surface area contributed by atoms with E-state index in [0.29, 0.717) is 48.0 Å². The maximum atomic E-state index is 12.3. The van der Waals surface area contributed by atoms with Crippen LogP contribution >= 0.6 is 0 Å². The molecule has 3 rings (SSSR count). The van der Waals surface area contributed by atoms with Gasteiger partial charge in [-0.15, -0.1) is 0 Å². The van der Waals surface area contributed by atoms with Gasteiger partial charge in [0.05, 0.1) is 12.3 Å². The molecule has 0 amide bonds. The van der Waals surface area contributed by atoms with E-state index < -0.39 is 0 Å². The van der Waals surface area contributed by atoms with Crippen LogP contribution in [-0.2, 0) is 6.42 Å². The molecule has 0 atom stereocenters. The largest absolute Gasteiger partial charge is 0.504 e. The van der Waals surface area contributed by atoms with Gasteiger partial charge in [-0.3, -0.25) is 9.78 Å². The molecule has 3 aromatic rings. The van der Waals surface area contributed by atoms with Crippen LogP contribution in [0.4, 0.5) is 0 Å². The zero-order valence-electron chi connectivity index (χ0n) is 14.7. The molecule has 6 heteroatoms. The van der Waals surface area contributed by atoms with Gasteiger partial charge in [0, 0.05) is 24.6 Å². The quantitative estimate of drug-likeness (QED) is 0.648. The lowest BCUT2D eigenvalue weighted by Crippen LogP contribution is -2.06. The molecule has 0 fully saturated rings. The van der Waals surface area contributed by atoms with Crippen LogP contribution in [0.2, 0.25) is 0 Å². The number of ketones is 1. The lowest BCUT2D eigenvalue weighted by molar-refractivity contribution is 0.0977. The molecular weight excluding hydrogens is 332 g/mol. The fourth-order valence-electron chi connectivity index (χ4n) is 2.61. The number of nitrogens with zero attached hydrogens (tertiary/aromatic N) is 2. The summed E-state index contributed by atoms with van der Waals surface area (Å²) in [6.07, 6.45) is 3.94. The molecule has 0 unspecified atom stereocenters. The fourth-order valence-corrected chi connectivity index (χ4v) is 2.61. The Hall–Kier alpha value is -3.15. The van der Waals surface area contributed by atoms with Gasteiger partial charge in [-0.2, -0.15) is 0 Å². The van der Waals surface area contributed by atoms with Gasteiger partial charge in [-0.05, 0) is 43.7 Å². The standard InChI is InChI=1S/C20H20N2O4/c1-3-25-18-11-14(6-8-16(18)23)20-22-15(12-26-20)7-9-17(24)19-13(2)5-4-10-21-19/h4-6,8,10-12,23H,3,7,9H2,1-2H3. The number of carbonyl (C=O) groups excluding carboxylic acids is 1. The first-order chi connectivity index (χ1) is 12.6. The van der Waals surface area contributed by atoms with E-state index in [1.54, 1.807) is 24.6 Å². The highest BCUT2D eigenvalue weighted by Crippen LogP contribution is 2.31. The van der Waals surface area contributed by atoms with Gasteiger partial charge >= 0.3 is 0 Å². The minimum Gasteiger partial charge on any atom is -0.504 e. The first kappa shape index (κ1) is 17.7. The topological polar surface area (TPSA) is 85.5 Å². The van der Waals surface area contributed by atoms with Crippen LogP contribution in [0.1, 0.15) is 35.1 Å². The molecule has 2 aromatic heterocycles. The number of pyridine rings is 1. The number of oxazole rings is 1. The maximum absolute atomic E-state index is 12.3. The van der Waals surface area contributed by atoms with Gasteiger partial charge in [0.1, 0.15) is 12.0 Å². The highest BCUT2D eigenvalue weighted by molar-refractivity contribution is 5.95. The maximum Gasteiger partial charge on any atom is 0.226 e. The molecule has 0 saturated heterocycles. The number of benzene rings is 1. The summed E-state index contributed by atoms with van der Waals surface area (Å²) in [6.45, 7) is 4.16. The van der Waals surface area contributed by atoms with Crippen molar-refractivity contribution in [2.75, 3.05) is 6.61 Å². The number of Topliss-reactive ketones (excluding diaryl/α,β-unsaturated/α-hetero) is 1. The van der Waals surface area contributed by atoms with E-state index in [9.17, 15) is 9.90 Å². The second-order valence-corrected chi connectivity index (χ2v) is 5.85. The molecule has 0 radical (unpaired) electrons. The molecule has 1 N–H and O–H groups in total. The van der Waals surface area contributed by atoms with E-state index >= 15 is 0 Å². The number of aryl methyl sites for hydroxylation is 2. The molecule has 2 heterocycles. The van der Waals surface area contributed by atoms with Crippen molar-refractivity contribution in [2.45, 2.75) is 26.7 Å². The monoisotopic (exact) mass is 352 g/mol. The third kappa shape index (κ3) is 3.91. The summed E-state index contributed by atoms with van der Waals surface area (Å²) in [5, 5.41) is 9.77. The Morgan fingerprint density at radius 2 is 2.15 bits per heavy atom. The van der Waals surface area contributed by atoms with Crippen molar-refractivity contribution in [3.63, 3.8) is 0 Å². The number of ether oxygens (including phenoxy) is 1. The van der Waals surface area contributed by atoms with Crippen LogP contribution in [0.3, 0.4) is 0 Å². The van der Waals surface area contributed by atoms with Crippen molar-refractivity contribution >= 4 is 5.78 Å². The number of phenols is 1. The van der Waals surface area contributed by atoms with Crippen molar-refractivity contribution in [2.24, 2.45) is 0 Å². The third-order valence-corrected chi connectivity index (χ3v) is 3.94. The number of hydrogen-bond donors (Lipinski definition) is 1. The van der Waals surface area contributed by atoms with Gasteiger partial charge in [-0.25, -0.2) is 4.98 Å². The Morgan fingerprint density at radius 3 is 2.92 bits per heavy atom. The predicted octanol–water partition coefficient (Wildman–Crippen LogP) is 3.96. The zero-order chi connectivity index (χ0) is 18.5. The van der Waals surface area contributed by atoms with E-state index in [-0.39, 0.29) is 11.5 Å². The molecule has 26 heavy (non-hydrogen) atoms. The highest BCUT2D eigenvalue weighted by atomic mass is 16.5. The summed E-state index contributed by atoms with van der Waals surface area (Å²) in [5.41, 5.74) is 2.75. The van der Waals surface area contributed by atoms with Crippen molar-refractivity contribution in [1.82, 2.24) is 9.97 Å². The van der Waals surface area contributed by atoms with Crippen molar-refractivity contribution < 1.29 is 19.1 Å². The van der Waals surface area contributed by atoms with Gasteiger partial charge in [0.15, 0.2) is 17.3 Å². The van der Waals surface area contributed by atoms with Crippen molar-refractivity contribution in [1.29, 1.82) is 0 Å². The van der Waals surface area contributed by atoms with Crippen LogP contribution in [0.15, 0.2) is 47.2 Å². The summed E-state index contributed by atoms with van der Waals surface area (Å²) in [4.78, 5) is 20.9. The van der Waals surface area contributed by atoms with E-state index in [1.165, 1.54) is 6.07 Å². The second-order valence-electron chi connectivity index (χ2n) is 5.85. The normalized spacial score (nSPS) is 10.7. The average molecular weight is 352 g/mol. The minimum atomic E-state index is -0.0177. The molecule has 134 valence electrons. The van der Waals surface area contributed by atoms with Crippen LogP contribution < -0.4 is 4.74 Å². The van der Waals surface area contributed by atoms with Crippen molar-refractivity contribution in [3.05, 3.63) is 59.7 Å². The number of aromatic nitrogens is 2. The molecule has 0 spiro atoms. The first-order valence-corrected chi connectivity index (χ1v) is 8.44. The molecule has 1 aromatic carbocycles. The van der Waals surface area contributed by atoms with Crippen LogP contribution in [0, 0.1) is 6.92 Å². The number of rotatable bonds is 7. The highest BCUT2D eigenvalue weighted by Gasteiger charge is 2.14. The summed E-state index contributed by atoms with van der Waals surface area (Å²) < 4.78 is 10.9.